The number of carbonyl (C=O) groups excluding carboxylic acids is 1. The fourth-order valence-corrected chi connectivity index (χ4v) is 2.26. The van der Waals surface area contributed by atoms with Gasteiger partial charge in [0.2, 0.25) is 0 Å². The summed E-state index contributed by atoms with van der Waals surface area (Å²) >= 11 is 0. The highest BCUT2D eigenvalue weighted by Gasteiger charge is 2.20. The molecule has 0 radical (unpaired) electrons. The van der Waals surface area contributed by atoms with Crippen molar-refractivity contribution in [2.45, 2.75) is 0 Å². The number of benzene rings is 1. The van der Waals surface area contributed by atoms with Crippen molar-refractivity contribution in [3.05, 3.63) is 24.3 Å². The summed E-state index contributed by atoms with van der Waals surface area (Å²) in [6, 6.07) is 6.59. The van der Waals surface area contributed by atoms with Gasteiger partial charge in [0.1, 0.15) is 6.61 Å². The first-order valence-corrected chi connectivity index (χ1v) is 7.19. The molecule has 8 heteroatoms. The van der Waals surface area contributed by atoms with E-state index in [0.717, 1.165) is 5.69 Å². The first-order chi connectivity index (χ1) is 9.02. The Bertz CT molecular complexity index is 556. The van der Waals surface area contributed by atoms with E-state index < -0.39 is 10.2 Å². The first-order valence-electron chi connectivity index (χ1n) is 5.71. The van der Waals surface area contributed by atoms with E-state index in [-0.39, 0.29) is 12.5 Å². The number of rotatable bonds is 4. The summed E-state index contributed by atoms with van der Waals surface area (Å²) in [7, 11) is -2.20. The molecule has 1 aromatic rings. The molecule has 1 aromatic carbocycles. The number of hydrogen-bond acceptors (Lipinski definition) is 4. The van der Waals surface area contributed by atoms with Crippen molar-refractivity contribution in [3.8, 4) is 0 Å². The van der Waals surface area contributed by atoms with Gasteiger partial charge in [0.25, 0.3) is 16.1 Å². The van der Waals surface area contributed by atoms with Gasteiger partial charge in [-0.2, -0.15) is 8.42 Å². The maximum absolute atomic E-state index is 11.6. The van der Waals surface area contributed by atoms with Crippen LogP contribution in [0.2, 0.25) is 0 Å². The van der Waals surface area contributed by atoms with Crippen molar-refractivity contribution in [2.24, 2.45) is 0 Å². The molecule has 0 saturated carbocycles. The second kappa shape index (κ2) is 5.55. The number of nitrogens with one attached hydrogen (secondary N) is 2. The molecule has 1 amide bonds. The third-order valence-electron chi connectivity index (χ3n) is 2.69. The zero-order valence-electron chi connectivity index (χ0n) is 10.4. The Morgan fingerprint density at radius 2 is 1.95 bits per heavy atom. The largest absolute Gasteiger partial charge is 0.370 e. The van der Waals surface area contributed by atoms with Crippen molar-refractivity contribution in [1.29, 1.82) is 0 Å². The molecule has 1 aliphatic rings. The molecule has 104 valence electrons. The molecule has 1 fully saturated rings. The monoisotopic (exact) mass is 285 g/mol. The van der Waals surface area contributed by atoms with Crippen LogP contribution >= 0.6 is 0 Å². The molecule has 0 atom stereocenters. The molecule has 0 spiro atoms. The van der Waals surface area contributed by atoms with Crippen LogP contribution in [0.15, 0.2) is 24.3 Å². The fraction of sp³-hybridized carbons (Fsp3) is 0.364. The van der Waals surface area contributed by atoms with Gasteiger partial charge in [-0.1, -0.05) is 0 Å². The minimum absolute atomic E-state index is 0.0775. The van der Waals surface area contributed by atoms with Crippen molar-refractivity contribution in [3.63, 3.8) is 0 Å². The molecule has 19 heavy (non-hydrogen) atoms. The molecule has 7 nitrogen and oxygen atoms in total. The molecule has 1 saturated heterocycles. The number of carbonyl (C=O) groups is 1. The Kier molecular flexibility index (Phi) is 4.03. The summed E-state index contributed by atoms with van der Waals surface area (Å²) in [6.45, 7) is 1.08. The molecule has 2 rings (SSSR count). The normalized spacial score (nSPS) is 16.5. The Morgan fingerprint density at radius 3 is 2.53 bits per heavy atom. The molecule has 2 N–H and O–H groups in total. The minimum atomic E-state index is -3.52. The van der Waals surface area contributed by atoms with Crippen LogP contribution in [-0.2, 0) is 19.7 Å². The number of nitrogens with zero attached hydrogens (tertiary/aromatic N) is 1. The summed E-state index contributed by atoms with van der Waals surface area (Å²) in [5.41, 5.74) is 1.15. The Hall–Kier alpha value is -1.64. The van der Waals surface area contributed by atoms with Gasteiger partial charge < -0.3 is 9.64 Å². The van der Waals surface area contributed by atoms with Gasteiger partial charge in [-0.25, -0.2) is 4.72 Å². The van der Waals surface area contributed by atoms with Crippen LogP contribution in [0.3, 0.4) is 0 Å². The van der Waals surface area contributed by atoms with Crippen molar-refractivity contribution < 1.29 is 17.9 Å². The van der Waals surface area contributed by atoms with Crippen LogP contribution in [0, 0.1) is 0 Å². The van der Waals surface area contributed by atoms with Gasteiger partial charge in [0, 0.05) is 25.0 Å². The van der Waals surface area contributed by atoms with Gasteiger partial charge >= 0.3 is 0 Å². The maximum Gasteiger partial charge on any atom is 0.298 e. The minimum Gasteiger partial charge on any atom is -0.370 e. The van der Waals surface area contributed by atoms with Crippen LogP contribution < -0.4 is 14.3 Å². The third-order valence-corrected chi connectivity index (χ3v) is 3.73. The lowest BCUT2D eigenvalue weighted by Crippen LogP contribution is -2.41. The highest BCUT2D eigenvalue weighted by molar-refractivity contribution is 7.90. The van der Waals surface area contributed by atoms with E-state index in [1.54, 1.807) is 29.2 Å². The third kappa shape index (κ3) is 3.43. The number of morpholine rings is 1. The number of hydrogen-bond donors (Lipinski definition) is 2. The van der Waals surface area contributed by atoms with Gasteiger partial charge in [0.05, 0.1) is 6.61 Å². The molecule has 1 aliphatic heterocycles. The standard InChI is InChI=1S/C11H15N3O4S/c1-12-19(16,17)13-9-2-4-10(5-3-9)14-6-7-18-8-11(14)15/h2-5,12-13H,6-8H2,1H3. The molecular weight excluding hydrogens is 270 g/mol. The topological polar surface area (TPSA) is 87.7 Å². The molecule has 0 bridgehead atoms. The quantitative estimate of drug-likeness (QED) is 0.810. The van der Waals surface area contributed by atoms with E-state index in [9.17, 15) is 13.2 Å². The van der Waals surface area contributed by atoms with Crippen LogP contribution in [0.5, 0.6) is 0 Å². The number of ether oxygens (including phenoxy) is 1. The smallest absolute Gasteiger partial charge is 0.298 e. The zero-order valence-corrected chi connectivity index (χ0v) is 11.2. The van der Waals surface area contributed by atoms with E-state index in [4.69, 9.17) is 4.74 Å². The second-order valence-corrected chi connectivity index (χ2v) is 5.57. The number of anilines is 2. The van der Waals surface area contributed by atoms with Gasteiger partial charge in [-0.3, -0.25) is 9.52 Å². The Morgan fingerprint density at radius 1 is 1.26 bits per heavy atom. The molecule has 0 aliphatic carbocycles. The summed E-state index contributed by atoms with van der Waals surface area (Å²) < 4.78 is 32.2. The van der Waals surface area contributed by atoms with E-state index in [0.29, 0.717) is 18.8 Å². The maximum atomic E-state index is 11.6. The predicted octanol–water partition coefficient (Wildman–Crippen LogP) is -0.0741. The highest BCUT2D eigenvalue weighted by Crippen LogP contribution is 2.19. The van der Waals surface area contributed by atoms with Crippen LogP contribution in [0.1, 0.15) is 0 Å². The van der Waals surface area contributed by atoms with E-state index >= 15 is 0 Å². The summed E-state index contributed by atoms with van der Waals surface area (Å²) in [6.07, 6.45) is 0. The highest BCUT2D eigenvalue weighted by atomic mass is 32.2. The number of amides is 1. The van der Waals surface area contributed by atoms with Crippen LogP contribution in [-0.4, -0.2) is 41.1 Å². The van der Waals surface area contributed by atoms with Gasteiger partial charge in [0.15, 0.2) is 0 Å². The molecule has 0 unspecified atom stereocenters. The van der Waals surface area contributed by atoms with Crippen molar-refractivity contribution >= 4 is 27.5 Å². The molecule has 1 heterocycles. The summed E-state index contributed by atoms with van der Waals surface area (Å²) in [4.78, 5) is 13.2. The predicted molar refractivity (Wildman–Crippen MR) is 71.2 cm³/mol. The first kappa shape index (κ1) is 13.8. The van der Waals surface area contributed by atoms with Crippen molar-refractivity contribution in [1.82, 2.24) is 4.72 Å². The lowest BCUT2D eigenvalue weighted by atomic mass is 10.2. The van der Waals surface area contributed by atoms with E-state index in [1.807, 2.05) is 0 Å². The summed E-state index contributed by atoms with van der Waals surface area (Å²) in [5, 5.41) is 0. The average Bonchev–Trinajstić information content (AvgIpc) is 2.40. The Balaban J connectivity index is 2.12. The molecular formula is C11H15N3O4S. The lowest BCUT2D eigenvalue weighted by molar-refractivity contribution is -0.125. The van der Waals surface area contributed by atoms with Crippen LogP contribution in [0.4, 0.5) is 11.4 Å². The van der Waals surface area contributed by atoms with E-state index in [1.165, 1.54) is 7.05 Å². The fourth-order valence-electron chi connectivity index (χ4n) is 1.71. The van der Waals surface area contributed by atoms with Crippen LogP contribution in [0.25, 0.3) is 0 Å². The second-order valence-electron chi connectivity index (χ2n) is 3.95. The Labute approximate surface area is 111 Å². The average molecular weight is 285 g/mol. The van der Waals surface area contributed by atoms with E-state index in [2.05, 4.69) is 9.44 Å². The molecule has 0 aromatic heterocycles. The lowest BCUT2D eigenvalue weighted by Gasteiger charge is -2.26. The van der Waals surface area contributed by atoms with Gasteiger partial charge in [-0.15, -0.1) is 0 Å². The van der Waals surface area contributed by atoms with Crippen molar-refractivity contribution in [2.75, 3.05) is 36.4 Å². The SMILES string of the molecule is CNS(=O)(=O)Nc1ccc(N2CCOCC2=O)cc1. The summed E-state index contributed by atoms with van der Waals surface area (Å²) in [5.74, 6) is -0.102. The van der Waals surface area contributed by atoms with Gasteiger partial charge in [-0.05, 0) is 24.3 Å². The zero-order chi connectivity index (χ0) is 13.9.